The summed E-state index contributed by atoms with van der Waals surface area (Å²) in [5, 5.41) is 0. The molecule has 0 unspecified atom stereocenters. The van der Waals surface area contributed by atoms with Crippen molar-refractivity contribution in [3.8, 4) is 0 Å². The molecule has 19 heavy (non-hydrogen) atoms. The van der Waals surface area contributed by atoms with Gasteiger partial charge in [-0.3, -0.25) is 0 Å². The molecule has 1 aliphatic carbocycles. The van der Waals surface area contributed by atoms with Crippen LogP contribution in [0.25, 0.3) is 0 Å². The van der Waals surface area contributed by atoms with Crippen LogP contribution in [0.2, 0.25) is 0 Å². The molecule has 2 aliphatic rings. The molecule has 0 bridgehead atoms. The van der Waals surface area contributed by atoms with Crippen LogP contribution < -0.4 is 0 Å². The number of rotatable bonds is 4. The number of nitrogens with zero attached hydrogens (tertiary/aromatic N) is 2. The molecule has 1 spiro atoms. The van der Waals surface area contributed by atoms with Gasteiger partial charge in [0, 0.05) is 19.4 Å². The lowest BCUT2D eigenvalue weighted by Gasteiger charge is -2.35. The predicted molar refractivity (Wildman–Crippen MR) is 69.6 cm³/mol. The topological polar surface area (TPSA) is 45.5 Å². The van der Waals surface area contributed by atoms with E-state index in [2.05, 4.69) is 16.5 Å². The third kappa shape index (κ3) is 2.83. The largest absolute Gasteiger partial charge is 0.372 e. The molecule has 0 aromatic carbocycles. The molecular weight excluding hydrogens is 244 g/mol. The maximum atomic E-state index is 6.00. The Bertz CT molecular complexity index is 403. The SMILES string of the molecule is CCn1cncc1COC1CCC2(CC1)OCCO2. The second-order valence-electron chi connectivity index (χ2n) is 5.29. The molecule has 0 atom stereocenters. The summed E-state index contributed by atoms with van der Waals surface area (Å²) >= 11 is 0. The molecule has 0 radical (unpaired) electrons. The van der Waals surface area contributed by atoms with Crippen molar-refractivity contribution in [1.82, 2.24) is 9.55 Å². The van der Waals surface area contributed by atoms with Gasteiger partial charge in [0.15, 0.2) is 5.79 Å². The number of imidazole rings is 1. The fraction of sp³-hybridized carbons (Fsp3) is 0.786. The lowest BCUT2D eigenvalue weighted by molar-refractivity contribution is -0.192. The maximum Gasteiger partial charge on any atom is 0.168 e. The highest BCUT2D eigenvalue weighted by molar-refractivity contribution is 4.96. The van der Waals surface area contributed by atoms with E-state index >= 15 is 0 Å². The summed E-state index contributed by atoms with van der Waals surface area (Å²) in [6, 6.07) is 0. The first kappa shape index (κ1) is 13.1. The highest BCUT2D eigenvalue weighted by Gasteiger charge is 2.40. The van der Waals surface area contributed by atoms with E-state index in [1.165, 1.54) is 0 Å². The number of hydrogen-bond donors (Lipinski definition) is 0. The molecule has 2 fully saturated rings. The van der Waals surface area contributed by atoms with Crippen LogP contribution in [0.4, 0.5) is 0 Å². The van der Waals surface area contributed by atoms with Gasteiger partial charge in [0.1, 0.15) is 0 Å². The minimum absolute atomic E-state index is 0.287. The fourth-order valence-electron chi connectivity index (χ4n) is 2.94. The van der Waals surface area contributed by atoms with Gasteiger partial charge in [0.05, 0.1) is 44.1 Å². The van der Waals surface area contributed by atoms with Gasteiger partial charge < -0.3 is 18.8 Å². The van der Waals surface area contributed by atoms with E-state index in [4.69, 9.17) is 14.2 Å². The summed E-state index contributed by atoms with van der Waals surface area (Å²) in [5.41, 5.74) is 1.15. The molecule has 1 aliphatic heterocycles. The Morgan fingerprint density at radius 2 is 2.11 bits per heavy atom. The van der Waals surface area contributed by atoms with Crippen molar-refractivity contribution in [1.29, 1.82) is 0 Å². The van der Waals surface area contributed by atoms with E-state index in [0.717, 1.165) is 51.1 Å². The monoisotopic (exact) mass is 266 g/mol. The number of hydrogen-bond acceptors (Lipinski definition) is 4. The third-order valence-electron chi connectivity index (χ3n) is 4.11. The fourth-order valence-corrected chi connectivity index (χ4v) is 2.94. The van der Waals surface area contributed by atoms with Crippen LogP contribution >= 0.6 is 0 Å². The summed E-state index contributed by atoms with van der Waals surface area (Å²) < 4.78 is 19.6. The van der Waals surface area contributed by atoms with Crippen LogP contribution in [0.5, 0.6) is 0 Å². The van der Waals surface area contributed by atoms with Crippen LogP contribution in [0.15, 0.2) is 12.5 Å². The Kier molecular flexibility index (Phi) is 3.86. The van der Waals surface area contributed by atoms with Crippen molar-refractivity contribution in [2.75, 3.05) is 13.2 Å². The average molecular weight is 266 g/mol. The summed E-state index contributed by atoms with van der Waals surface area (Å²) in [4.78, 5) is 4.16. The van der Waals surface area contributed by atoms with E-state index in [0.29, 0.717) is 12.7 Å². The van der Waals surface area contributed by atoms with Gasteiger partial charge in [-0.1, -0.05) is 0 Å². The molecule has 5 heteroatoms. The summed E-state index contributed by atoms with van der Waals surface area (Å²) in [6.45, 7) is 5.17. The lowest BCUT2D eigenvalue weighted by Crippen LogP contribution is -2.37. The zero-order chi connectivity index (χ0) is 13.1. The van der Waals surface area contributed by atoms with Crippen LogP contribution in [0.1, 0.15) is 38.3 Å². The number of aromatic nitrogens is 2. The zero-order valence-corrected chi connectivity index (χ0v) is 11.5. The van der Waals surface area contributed by atoms with Gasteiger partial charge in [-0.2, -0.15) is 0 Å². The Labute approximate surface area is 113 Å². The molecule has 2 heterocycles. The lowest BCUT2D eigenvalue weighted by atomic mass is 9.92. The van der Waals surface area contributed by atoms with Crippen LogP contribution in [0.3, 0.4) is 0 Å². The summed E-state index contributed by atoms with van der Waals surface area (Å²) in [5.74, 6) is -0.287. The molecule has 5 nitrogen and oxygen atoms in total. The van der Waals surface area contributed by atoms with E-state index in [1.807, 2.05) is 12.5 Å². The minimum Gasteiger partial charge on any atom is -0.372 e. The Morgan fingerprint density at radius 1 is 1.37 bits per heavy atom. The van der Waals surface area contributed by atoms with Crippen molar-refractivity contribution >= 4 is 0 Å². The predicted octanol–water partition coefficient (Wildman–Crippen LogP) is 2.11. The average Bonchev–Trinajstić information content (AvgIpc) is 3.07. The first-order chi connectivity index (χ1) is 9.31. The van der Waals surface area contributed by atoms with Crippen molar-refractivity contribution in [3.63, 3.8) is 0 Å². The standard InChI is InChI=1S/C14H22N2O3/c1-2-16-11-15-9-12(16)10-17-13-3-5-14(6-4-13)18-7-8-19-14/h9,11,13H,2-8,10H2,1H3. The van der Waals surface area contributed by atoms with Gasteiger partial charge in [-0.25, -0.2) is 4.98 Å². The van der Waals surface area contributed by atoms with E-state index in [1.54, 1.807) is 0 Å². The Balaban J connectivity index is 1.47. The minimum atomic E-state index is -0.287. The van der Waals surface area contributed by atoms with E-state index < -0.39 is 0 Å². The second kappa shape index (κ2) is 5.61. The summed E-state index contributed by atoms with van der Waals surface area (Å²) in [7, 11) is 0. The normalized spacial score (nSPS) is 23.2. The van der Waals surface area contributed by atoms with Gasteiger partial charge in [-0.05, 0) is 19.8 Å². The molecule has 1 saturated heterocycles. The van der Waals surface area contributed by atoms with Crippen molar-refractivity contribution in [3.05, 3.63) is 18.2 Å². The number of aryl methyl sites for hydroxylation is 1. The number of ether oxygens (including phenoxy) is 3. The molecular formula is C14H22N2O3. The Hall–Kier alpha value is -0.910. The Morgan fingerprint density at radius 3 is 2.79 bits per heavy atom. The van der Waals surface area contributed by atoms with Crippen molar-refractivity contribution in [2.45, 2.75) is 57.6 Å². The van der Waals surface area contributed by atoms with Crippen LogP contribution in [0, 0.1) is 0 Å². The first-order valence-corrected chi connectivity index (χ1v) is 7.20. The first-order valence-electron chi connectivity index (χ1n) is 7.20. The van der Waals surface area contributed by atoms with Crippen molar-refractivity contribution < 1.29 is 14.2 Å². The van der Waals surface area contributed by atoms with Gasteiger partial charge in [-0.15, -0.1) is 0 Å². The second-order valence-corrected chi connectivity index (χ2v) is 5.29. The molecule has 1 aromatic rings. The third-order valence-corrected chi connectivity index (χ3v) is 4.11. The highest BCUT2D eigenvalue weighted by atomic mass is 16.7. The van der Waals surface area contributed by atoms with E-state index in [-0.39, 0.29) is 5.79 Å². The smallest absolute Gasteiger partial charge is 0.168 e. The zero-order valence-electron chi connectivity index (χ0n) is 11.5. The van der Waals surface area contributed by atoms with Gasteiger partial charge >= 0.3 is 0 Å². The maximum absolute atomic E-state index is 6.00. The van der Waals surface area contributed by atoms with Gasteiger partial charge in [0.25, 0.3) is 0 Å². The molecule has 106 valence electrons. The molecule has 3 rings (SSSR count). The van der Waals surface area contributed by atoms with Crippen LogP contribution in [-0.2, 0) is 27.4 Å². The van der Waals surface area contributed by atoms with Gasteiger partial charge in [0.2, 0.25) is 0 Å². The van der Waals surface area contributed by atoms with E-state index in [9.17, 15) is 0 Å². The molecule has 0 N–H and O–H groups in total. The quantitative estimate of drug-likeness (QED) is 0.837. The van der Waals surface area contributed by atoms with Crippen LogP contribution in [-0.4, -0.2) is 34.7 Å². The summed E-state index contributed by atoms with van der Waals surface area (Å²) in [6.07, 6.45) is 7.99. The molecule has 1 saturated carbocycles. The highest BCUT2D eigenvalue weighted by Crippen LogP contribution is 2.36. The molecule has 1 aromatic heterocycles. The molecule has 0 amide bonds. The van der Waals surface area contributed by atoms with Crippen molar-refractivity contribution in [2.24, 2.45) is 0 Å².